The molecule has 1 aliphatic heterocycles. The van der Waals surface area contributed by atoms with Gasteiger partial charge in [-0.3, -0.25) is 9.69 Å². The van der Waals surface area contributed by atoms with Crippen molar-refractivity contribution in [2.45, 2.75) is 39.3 Å². The standard InChI is InChI=1S/C31H48N8O5/c1-31(2,3)44-30(41)39-13-11-38(12-14-39)10-7-15-43-26-17-21(20-32)16-23(33)28(26)37-9-6-5-8-36-27-24(34)18-22(29(35)40)19-25(27)42-4/h5-6,16-19,36-37H,7-15,20,32-34H2,1-4H3,(H2,35,40)/b6-5+. The third-order valence-electron chi connectivity index (χ3n) is 6.93. The molecule has 0 aromatic heterocycles. The number of ether oxygens (including phenoxy) is 3. The number of hydrogen-bond acceptors (Lipinski definition) is 11. The van der Waals surface area contributed by atoms with E-state index in [2.05, 4.69) is 15.5 Å². The molecule has 2 amide bonds. The summed E-state index contributed by atoms with van der Waals surface area (Å²) >= 11 is 0. The Labute approximate surface area is 259 Å². The zero-order chi connectivity index (χ0) is 32.3. The van der Waals surface area contributed by atoms with Crippen LogP contribution in [0.5, 0.6) is 11.5 Å². The number of nitrogen functional groups attached to an aromatic ring is 2. The van der Waals surface area contributed by atoms with Crippen LogP contribution < -0.4 is 43.0 Å². The van der Waals surface area contributed by atoms with Gasteiger partial charge >= 0.3 is 6.09 Å². The van der Waals surface area contributed by atoms with Gasteiger partial charge in [0.25, 0.3) is 0 Å². The molecule has 2 aromatic carbocycles. The summed E-state index contributed by atoms with van der Waals surface area (Å²) in [7, 11) is 1.50. The molecule has 1 saturated heterocycles. The number of hydrogen-bond donors (Lipinski definition) is 6. The zero-order valence-electron chi connectivity index (χ0n) is 26.3. The summed E-state index contributed by atoms with van der Waals surface area (Å²) in [6.45, 7) is 11.2. The fourth-order valence-electron chi connectivity index (χ4n) is 4.69. The Morgan fingerprint density at radius 2 is 1.55 bits per heavy atom. The molecule has 0 aliphatic carbocycles. The first-order chi connectivity index (χ1) is 20.9. The molecule has 0 saturated carbocycles. The number of benzene rings is 2. The largest absolute Gasteiger partial charge is 0.494 e. The van der Waals surface area contributed by atoms with Gasteiger partial charge in [-0.2, -0.15) is 0 Å². The van der Waals surface area contributed by atoms with Gasteiger partial charge in [-0.25, -0.2) is 4.79 Å². The molecule has 1 heterocycles. The maximum absolute atomic E-state index is 12.3. The van der Waals surface area contributed by atoms with Gasteiger partial charge in [0.05, 0.1) is 25.1 Å². The molecule has 0 unspecified atom stereocenters. The number of nitrogens with two attached hydrogens (primary N) is 4. The molecule has 1 fully saturated rings. The molecule has 0 spiro atoms. The highest BCUT2D eigenvalue weighted by atomic mass is 16.6. The Morgan fingerprint density at radius 3 is 2.11 bits per heavy atom. The molecule has 44 heavy (non-hydrogen) atoms. The number of piperazine rings is 1. The topological polar surface area (TPSA) is 196 Å². The van der Waals surface area contributed by atoms with Crippen LogP contribution in [0.15, 0.2) is 36.4 Å². The molecule has 1 aliphatic rings. The number of anilines is 4. The third kappa shape index (κ3) is 10.1. The van der Waals surface area contributed by atoms with Crippen LogP contribution in [0.4, 0.5) is 27.5 Å². The monoisotopic (exact) mass is 612 g/mol. The summed E-state index contributed by atoms with van der Waals surface area (Å²) in [6, 6.07) is 6.82. The molecule has 242 valence electrons. The molecule has 2 aromatic rings. The number of primary amides is 1. The highest BCUT2D eigenvalue weighted by molar-refractivity contribution is 5.96. The minimum Gasteiger partial charge on any atom is -0.494 e. The molecule has 0 radical (unpaired) electrons. The summed E-state index contributed by atoms with van der Waals surface area (Å²) < 4.78 is 17.0. The summed E-state index contributed by atoms with van der Waals surface area (Å²) in [5, 5.41) is 6.54. The summed E-state index contributed by atoms with van der Waals surface area (Å²) in [5.41, 5.74) is 26.5. The van der Waals surface area contributed by atoms with Crippen molar-refractivity contribution in [3.05, 3.63) is 47.5 Å². The molecule has 0 atom stereocenters. The van der Waals surface area contributed by atoms with Crippen molar-refractivity contribution in [2.24, 2.45) is 11.5 Å². The minimum absolute atomic E-state index is 0.259. The van der Waals surface area contributed by atoms with Crippen molar-refractivity contribution >= 4 is 34.7 Å². The van der Waals surface area contributed by atoms with Crippen molar-refractivity contribution < 1.29 is 23.8 Å². The van der Waals surface area contributed by atoms with Gasteiger partial charge in [0.1, 0.15) is 28.5 Å². The maximum atomic E-state index is 12.3. The van der Waals surface area contributed by atoms with Crippen LogP contribution in [0.25, 0.3) is 0 Å². The van der Waals surface area contributed by atoms with Crippen molar-refractivity contribution in [3.8, 4) is 11.5 Å². The quantitative estimate of drug-likeness (QED) is 0.104. The van der Waals surface area contributed by atoms with Gasteiger partial charge in [0.15, 0.2) is 0 Å². The van der Waals surface area contributed by atoms with E-state index in [0.717, 1.165) is 31.6 Å². The zero-order valence-corrected chi connectivity index (χ0v) is 26.3. The minimum atomic E-state index is -0.579. The number of rotatable bonds is 14. The first-order valence-corrected chi connectivity index (χ1v) is 14.8. The smallest absolute Gasteiger partial charge is 0.410 e. The van der Waals surface area contributed by atoms with Gasteiger partial charge in [-0.1, -0.05) is 12.2 Å². The Morgan fingerprint density at radius 1 is 0.932 bits per heavy atom. The molecular weight excluding hydrogens is 564 g/mol. The van der Waals surface area contributed by atoms with Crippen LogP contribution in [-0.2, 0) is 11.3 Å². The second-order valence-corrected chi connectivity index (χ2v) is 11.5. The van der Waals surface area contributed by atoms with E-state index >= 15 is 0 Å². The van der Waals surface area contributed by atoms with E-state index in [0.29, 0.717) is 73.6 Å². The Bertz CT molecular complexity index is 1300. The summed E-state index contributed by atoms with van der Waals surface area (Å²) in [5.74, 6) is 0.506. The van der Waals surface area contributed by atoms with E-state index < -0.39 is 11.5 Å². The van der Waals surface area contributed by atoms with Crippen molar-refractivity contribution in [1.29, 1.82) is 0 Å². The van der Waals surface area contributed by atoms with Gasteiger partial charge < -0.3 is 52.7 Å². The van der Waals surface area contributed by atoms with E-state index in [9.17, 15) is 9.59 Å². The van der Waals surface area contributed by atoms with E-state index in [1.165, 1.54) is 13.2 Å². The highest BCUT2D eigenvalue weighted by Crippen LogP contribution is 2.33. The third-order valence-corrected chi connectivity index (χ3v) is 6.93. The first kappa shape index (κ1) is 34.1. The maximum Gasteiger partial charge on any atom is 0.410 e. The predicted molar refractivity (Wildman–Crippen MR) is 175 cm³/mol. The van der Waals surface area contributed by atoms with Gasteiger partial charge in [-0.15, -0.1) is 0 Å². The normalized spacial score (nSPS) is 14.0. The van der Waals surface area contributed by atoms with Crippen molar-refractivity contribution in [1.82, 2.24) is 9.80 Å². The SMILES string of the molecule is COc1cc(C(N)=O)cc(N)c1NC/C=C/CNc1c(N)cc(CN)cc1OCCCN1CCN(C(=O)OC(C)(C)C)CC1. The van der Waals surface area contributed by atoms with Crippen LogP contribution >= 0.6 is 0 Å². The molecule has 3 rings (SSSR count). The van der Waals surface area contributed by atoms with Crippen LogP contribution in [0, 0.1) is 0 Å². The Balaban J connectivity index is 1.48. The lowest BCUT2D eigenvalue weighted by Gasteiger charge is -2.35. The number of carbonyl (C=O) groups is 2. The van der Waals surface area contributed by atoms with E-state index in [-0.39, 0.29) is 11.7 Å². The second kappa shape index (κ2) is 15.9. The van der Waals surface area contributed by atoms with Crippen LogP contribution in [-0.4, -0.2) is 86.9 Å². The number of methoxy groups -OCH3 is 1. The predicted octanol–water partition coefficient (Wildman–Crippen LogP) is 2.82. The van der Waals surface area contributed by atoms with E-state index in [4.69, 9.17) is 37.1 Å². The molecular formula is C31H48N8O5. The average Bonchev–Trinajstić information content (AvgIpc) is 2.97. The second-order valence-electron chi connectivity index (χ2n) is 11.5. The van der Waals surface area contributed by atoms with Crippen molar-refractivity contribution in [3.63, 3.8) is 0 Å². The summed E-state index contributed by atoms with van der Waals surface area (Å²) in [6.07, 6.45) is 4.44. The summed E-state index contributed by atoms with van der Waals surface area (Å²) in [4.78, 5) is 27.9. The van der Waals surface area contributed by atoms with E-state index in [1.54, 1.807) is 11.0 Å². The number of nitrogens with one attached hydrogen (secondary N) is 2. The lowest BCUT2D eigenvalue weighted by Crippen LogP contribution is -2.50. The van der Waals surface area contributed by atoms with Gasteiger partial charge in [0.2, 0.25) is 5.91 Å². The molecule has 13 nitrogen and oxygen atoms in total. The molecule has 13 heteroatoms. The number of carbonyl (C=O) groups excluding carboxylic acids is 2. The van der Waals surface area contributed by atoms with Crippen LogP contribution in [0.1, 0.15) is 43.1 Å². The van der Waals surface area contributed by atoms with Crippen LogP contribution in [0.2, 0.25) is 0 Å². The fourth-order valence-corrected chi connectivity index (χ4v) is 4.69. The van der Waals surface area contributed by atoms with Crippen molar-refractivity contribution in [2.75, 3.05) is 81.6 Å². The first-order valence-electron chi connectivity index (χ1n) is 14.8. The fraction of sp³-hybridized carbons (Fsp3) is 0.484. The van der Waals surface area contributed by atoms with Gasteiger partial charge in [-0.05, 0) is 57.0 Å². The number of nitrogens with zero attached hydrogens (tertiary/aromatic N) is 2. The molecule has 0 bridgehead atoms. The Kier molecular flexibility index (Phi) is 12.4. The molecule has 10 N–H and O–H groups in total. The average molecular weight is 613 g/mol. The highest BCUT2D eigenvalue weighted by Gasteiger charge is 2.25. The lowest BCUT2D eigenvalue weighted by atomic mass is 10.1. The Hall–Kier alpha value is -4.36. The van der Waals surface area contributed by atoms with E-state index in [1.807, 2.05) is 45.1 Å². The van der Waals surface area contributed by atoms with Gasteiger partial charge in [0, 0.05) is 57.9 Å². The lowest BCUT2D eigenvalue weighted by molar-refractivity contribution is 0.0142. The number of amides is 2. The van der Waals surface area contributed by atoms with Crippen LogP contribution in [0.3, 0.4) is 0 Å².